The van der Waals surface area contributed by atoms with Crippen molar-refractivity contribution in [2.45, 2.75) is 63.0 Å². The highest BCUT2D eigenvalue weighted by Gasteiger charge is 2.34. The molecule has 5 nitrogen and oxygen atoms in total. The van der Waals surface area contributed by atoms with E-state index in [1.807, 2.05) is 11.0 Å². The van der Waals surface area contributed by atoms with Crippen LogP contribution in [-0.2, 0) is 16.0 Å². The average Bonchev–Trinajstić information content (AvgIpc) is 3.13. The van der Waals surface area contributed by atoms with Gasteiger partial charge in [0.1, 0.15) is 5.25 Å². The molecule has 1 saturated carbocycles. The van der Waals surface area contributed by atoms with Crippen LogP contribution in [0.1, 0.15) is 56.9 Å². The molecule has 2 aliphatic heterocycles. The van der Waals surface area contributed by atoms with E-state index in [-0.39, 0.29) is 23.5 Å². The maximum Gasteiger partial charge on any atom is 0.240 e. The highest BCUT2D eigenvalue weighted by molar-refractivity contribution is 8.15. The van der Waals surface area contributed by atoms with Crippen LogP contribution in [0.3, 0.4) is 0 Å². The molecule has 3 aliphatic rings. The minimum Gasteiger partial charge on any atom is -0.343 e. The van der Waals surface area contributed by atoms with E-state index >= 15 is 0 Å². The molecule has 30 heavy (non-hydrogen) atoms. The van der Waals surface area contributed by atoms with Crippen LogP contribution in [0.4, 0.5) is 0 Å². The van der Waals surface area contributed by atoms with Crippen molar-refractivity contribution in [3.05, 3.63) is 35.9 Å². The number of nitrogens with zero attached hydrogens (tertiary/aromatic N) is 2. The molecule has 2 saturated heterocycles. The zero-order chi connectivity index (χ0) is 20.8. The van der Waals surface area contributed by atoms with Crippen LogP contribution in [0, 0.1) is 11.8 Å². The second kappa shape index (κ2) is 10.5. The first kappa shape index (κ1) is 21.4. The third-order valence-corrected chi connectivity index (χ3v) is 7.81. The van der Waals surface area contributed by atoms with Crippen LogP contribution in [-0.4, -0.2) is 46.8 Å². The molecule has 1 aliphatic carbocycles. The monoisotopic (exact) mass is 427 g/mol. The minimum atomic E-state index is -0.329. The zero-order valence-corrected chi connectivity index (χ0v) is 18.5. The van der Waals surface area contributed by atoms with Crippen LogP contribution in [0.25, 0.3) is 0 Å². The van der Waals surface area contributed by atoms with Crippen LogP contribution < -0.4 is 5.32 Å². The van der Waals surface area contributed by atoms with E-state index in [4.69, 9.17) is 0 Å². The Labute approximate surface area is 184 Å². The molecule has 4 rings (SSSR count). The summed E-state index contributed by atoms with van der Waals surface area (Å²) in [4.78, 5) is 31.7. The van der Waals surface area contributed by atoms with Gasteiger partial charge < -0.3 is 10.2 Å². The number of nitrogens with one attached hydrogen (secondary N) is 1. The SMILES string of the molecule is O=C1NC(=NCC2CCCCC2)SC1CC(=O)N1CCC(Cc2ccccc2)CC1. The molecule has 3 fully saturated rings. The normalized spacial score (nSPS) is 24.9. The fourth-order valence-corrected chi connectivity index (χ4v) is 5.79. The van der Waals surface area contributed by atoms with Crippen LogP contribution in [0.2, 0.25) is 0 Å². The summed E-state index contributed by atoms with van der Waals surface area (Å²) in [5, 5.41) is 3.27. The Balaban J connectivity index is 1.21. The lowest BCUT2D eigenvalue weighted by Gasteiger charge is -2.32. The molecule has 1 N–H and O–H groups in total. The highest BCUT2D eigenvalue weighted by atomic mass is 32.2. The summed E-state index contributed by atoms with van der Waals surface area (Å²) in [7, 11) is 0. The molecule has 0 aromatic heterocycles. The predicted molar refractivity (Wildman–Crippen MR) is 122 cm³/mol. The molecule has 2 amide bonds. The number of thioether (sulfide) groups is 1. The summed E-state index contributed by atoms with van der Waals surface area (Å²) in [6, 6.07) is 10.6. The third-order valence-electron chi connectivity index (χ3n) is 6.69. The first-order valence-corrected chi connectivity index (χ1v) is 12.4. The van der Waals surface area contributed by atoms with Crippen molar-refractivity contribution in [3.63, 3.8) is 0 Å². The first-order chi connectivity index (χ1) is 14.7. The molecule has 6 heteroatoms. The van der Waals surface area contributed by atoms with E-state index in [2.05, 4.69) is 34.6 Å². The quantitative estimate of drug-likeness (QED) is 0.746. The maximum absolute atomic E-state index is 12.8. The highest BCUT2D eigenvalue weighted by Crippen LogP contribution is 2.28. The van der Waals surface area contributed by atoms with Gasteiger partial charge in [-0.15, -0.1) is 0 Å². The first-order valence-electron chi connectivity index (χ1n) is 11.5. The molecular formula is C24H33N3O2S. The summed E-state index contributed by atoms with van der Waals surface area (Å²) < 4.78 is 0. The Morgan fingerprint density at radius 1 is 1.03 bits per heavy atom. The Bertz CT molecular complexity index is 753. The molecule has 0 spiro atoms. The molecule has 0 radical (unpaired) electrons. The fraction of sp³-hybridized carbons (Fsp3) is 0.625. The average molecular weight is 428 g/mol. The number of aliphatic imine (C=N–C) groups is 1. The predicted octanol–water partition coefficient (Wildman–Crippen LogP) is 4.03. The van der Waals surface area contributed by atoms with Gasteiger partial charge in [-0.05, 0) is 49.5 Å². The Kier molecular flexibility index (Phi) is 7.47. The number of carbonyl (C=O) groups excluding carboxylic acids is 2. The number of benzene rings is 1. The number of rotatable bonds is 6. The maximum atomic E-state index is 12.8. The lowest BCUT2D eigenvalue weighted by atomic mass is 9.89. The van der Waals surface area contributed by atoms with Gasteiger partial charge in [-0.3, -0.25) is 14.6 Å². The van der Waals surface area contributed by atoms with Gasteiger partial charge in [0, 0.05) is 26.1 Å². The molecule has 1 aromatic rings. The molecular weight excluding hydrogens is 394 g/mol. The number of amides is 2. The van der Waals surface area contributed by atoms with Crippen molar-refractivity contribution in [1.29, 1.82) is 0 Å². The summed E-state index contributed by atoms with van der Waals surface area (Å²) in [6.45, 7) is 2.41. The molecule has 2 heterocycles. The molecule has 1 atom stereocenters. The van der Waals surface area contributed by atoms with Crippen molar-refractivity contribution >= 4 is 28.7 Å². The summed E-state index contributed by atoms with van der Waals surface area (Å²) in [5.41, 5.74) is 1.38. The smallest absolute Gasteiger partial charge is 0.240 e. The van der Waals surface area contributed by atoms with E-state index < -0.39 is 0 Å². The summed E-state index contributed by atoms with van der Waals surface area (Å²) >= 11 is 1.44. The van der Waals surface area contributed by atoms with Crippen LogP contribution in [0.15, 0.2) is 35.3 Å². The minimum absolute atomic E-state index is 0.0605. The fourth-order valence-electron chi connectivity index (χ4n) is 4.82. The number of hydrogen-bond donors (Lipinski definition) is 1. The summed E-state index contributed by atoms with van der Waals surface area (Å²) in [6.07, 6.45) is 9.88. The second-order valence-corrected chi connectivity index (χ2v) is 10.2. The van der Waals surface area contributed by atoms with Gasteiger partial charge in [-0.2, -0.15) is 0 Å². The lowest BCUT2D eigenvalue weighted by Crippen LogP contribution is -2.40. The number of piperidine rings is 1. The van der Waals surface area contributed by atoms with Gasteiger partial charge in [-0.1, -0.05) is 61.4 Å². The Morgan fingerprint density at radius 3 is 2.50 bits per heavy atom. The summed E-state index contributed by atoms with van der Waals surface area (Å²) in [5.74, 6) is 1.34. The van der Waals surface area contributed by atoms with Crippen LogP contribution in [0.5, 0.6) is 0 Å². The number of likely N-dealkylation sites (tertiary alicyclic amines) is 1. The second-order valence-electron chi connectivity index (χ2n) is 8.96. The van der Waals surface area contributed by atoms with Gasteiger partial charge in [0.15, 0.2) is 5.17 Å². The molecule has 162 valence electrons. The van der Waals surface area contributed by atoms with Crippen molar-refractivity contribution in [2.75, 3.05) is 19.6 Å². The van der Waals surface area contributed by atoms with E-state index in [9.17, 15) is 9.59 Å². The molecule has 1 unspecified atom stereocenters. The van der Waals surface area contributed by atoms with Crippen molar-refractivity contribution in [3.8, 4) is 0 Å². The third kappa shape index (κ3) is 5.87. The Morgan fingerprint density at radius 2 is 1.77 bits per heavy atom. The van der Waals surface area contributed by atoms with Gasteiger partial charge in [-0.25, -0.2) is 0 Å². The Hall–Kier alpha value is -1.82. The van der Waals surface area contributed by atoms with Crippen molar-refractivity contribution in [1.82, 2.24) is 10.2 Å². The van der Waals surface area contributed by atoms with E-state index in [0.717, 1.165) is 38.9 Å². The molecule has 0 bridgehead atoms. The van der Waals surface area contributed by atoms with Crippen molar-refractivity contribution < 1.29 is 9.59 Å². The van der Waals surface area contributed by atoms with Crippen molar-refractivity contribution in [2.24, 2.45) is 16.8 Å². The lowest BCUT2D eigenvalue weighted by molar-refractivity contribution is -0.134. The van der Waals surface area contributed by atoms with E-state index in [1.54, 1.807) is 0 Å². The van der Waals surface area contributed by atoms with Crippen LogP contribution >= 0.6 is 11.8 Å². The zero-order valence-electron chi connectivity index (χ0n) is 17.7. The molecule has 1 aromatic carbocycles. The number of amidine groups is 1. The number of carbonyl (C=O) groups is 2. The van der Waals surface area contributed by atoms with Gasteiger partial charge in [0.25, 0.3) is 0 Å². The van der Waals surface area contributed by atoms with Gasteiger partial charge in [0.05, 0.1) is 0 Å². The number of hydrogen-bond acceptors (Lipinski definition) is 4. The van der Waals surface area contributed by atoms with E-state index in [1.165, 1.54) is 49.4 Å². The van der Waals surface area contributed by atoms with Gasteiger partial charge in [0.2, 0.25) is 11.8 Å². The van der Waals surface area contributed by atoms with Gasteiger partial charge >= 0.3 is 0 Å². The van der Waals surface area contributed by atoms with E-state index in [0.29, 0.717) is 17.0 Å². The largest absolute Gasteiger partial charge is 0.343 e. The topological polar surface area (TPSA) is 61.8 Å². The standard InChI is InChI=1S/C24H33N3O2S/c28-22(27-13-11-19(12-14-27)15-18-7-3-1-4-8-18)16-21-23(29)26-24(30-21)25-17-20-9-5-2-6-10-20/h1,3-4,7-8,19-21H,2,5-6,9-17H2,(H,25,26,29).